The van der Waals surface area contributed by atoms with E-state index in [1.807, 2.05) is 31.2 Å². The van der Waals surface area contributed by atoms with Crippen LogP contribution in [0.25, 0.3) is 0 Å². The highest BCUT2D eigenvalue weighted by atomic mass is 16.5. The lowest BCUT2D eigenvalue weighted by atomic mass is 10.2. The summed E-state index contributed by atoms with van der Waals surface area (Å²) in [5.41, 5.74) is 2.00. The molecule has 2 rings (SSSR count). The fourth-order valence-corrected chi connectivity index (χ4v) is 1.71. The first-order valence-electron chi connectivity index (χ1n) is 5.80. The number of benzene rings is 1. The van der Waals surface area contributed by atoms with E-state index in [1.54, 1.807) is 18.0 Å². The van der Waals surface area contributed by atoms with Crippen LogP contribution in [0.1, 0.15) is 12.5 Å². The van der Waals surface area contributed by atoms with E-state index in [4.69, 9.17) is 4.74 Å². The van der Waals surface area contributed by atoms with Crippen LogP contribution in [0.4, 0.5) is 5.69 Å². The monoisotopic (exact) mass is 247 g/mol. The first-order valence-corrected chi connectivity index (χ1v) is 5.80. The van der Waals surface area contributed by atoms with E-state index in [-0.39, 0.29) is 12.4 Å². The fourth-order valence-electron chi connectivity index (χ4n) is 1.71. The van der Waals surface area contributed by atoms with Crippen molar-refractivity contribution in [3.05, 3.63) is 46.8 Å². The lowest BCUT2D eigenvalue weighted by molar-refractivity contribution is -0.456. The zero-order chi connectivity index (χ0) is 13.1. The number of carbonyl (C=O) groups is 1. The maximum Gasteiger partial charge on any atom is 0.463 e. The topological polar surface area (TPSA) is 49.6 Å². The second-order valence-electron chi connectivity index (χ2n) is 4.05. The molecule has 0 unspecified atom stereocenters. The molecule has 1 aliphatic rings. The van der Waals surface area contributed by atoms with Gasteiger partial charge < -0.3 is 9.64 Å². The molecule has 0 N–H and O–H groups in total. The number of aryl methyl sites for hydroxylation is 1. The van der Waals surface area contributed by atoms with Gasteiger partial charge in [-0.15, -0.1) is 0 Å². The van der Waals surface area contributed by atoms with Crippen molar-refractivity contribution in [1.82, 2.24) is 0 Å². The Morgan fingerprint density at radius 1 is 1.33 bits per heavy atom. The maximum absolute atomic E-state index is 11.6. The Balaban J connectivity index is 2.31. The maximum atomic E-state index is 11.6. The lowest BCUT2D eigenvalue weighted by Gasteiger charge is -2.19. The van der Waals surface area contributed by atoms with Crippen molar-refractivity contribution in [2.24, 2.45) is 0 Å². The van der Waals surface area contributed by atoms with E-state index in [0.29, 0.717) is 11.4 Å². The number of hydrogen-bond acceptors (Lipinski definition) is 4. The van der Waals surface area contributed by atoms with Gasteiger partial charge in [-0.2, -0.15) is 0 Å². The zero-order valence-electron chi connectivity index (χ0n) is 10.4. The van der Waals surface area contributed by atoms with Crippen molar-refractivity contribution < 1.29 is 14.3 Å². The highest BCUT2D eigenvalue weighted by molar-refractivity contribution is 5.76. The summed E-state index contributed by atoms with van der Waals surface area (Å²) in [6.45, 7) is 4.14. The molecule has 0 aromatic heterocycles. The summed E-state index contributed by atoms with van der Waals surface area (Å²) in [7, 11) is 0. The minimum absolute atomic E-state index is 0.0309. The predicted molar refractivity (Wildman–Crippen MR) is 66.9 cm³/mol. The van der Waals surface area contributed by atoms with Crippen LogP contribution in [-0.4, -0.2) is 23.8 Å². The number of hydrogen-bond donors (Lipinski definition) is 0. The van der Waals surface area contributed by atoms with Crippen LogP contribution in [0, 0.1) is 11.8 Å². The molecule has 1 aromatic carbocycles. The van der Waals surface area contributed by atoms with Gasteiger partial charge >= 0.3 is 11.8 Å². The smallest absolute Gasteiger partial charge is 0.440 e. The average molecular weight is 247 g/mol. The molecule has 1 heterocycles. The van der Waals surface area contributed by atoms with Crippen molar-refractivity contribution >= 4 is 11.6 Å². The van der Waals surface area contributed by atoms with Gasteiger partial charge in [0.2, 0.25) is 0 Å². The standard InChI is InChI=1S/C13H15N2O3/c1-3-18-13-9-14(8-12(16)15(13)17)11-6-4-10(2)5-7-11/h4-7,9H,3,8H2,1-2H3/q+1. The van der Waals surface area contributed by atoms with Gasteiger partial charge in [0.05, 0.1) is 6.61 Å². The van der Waals surface area contributed by atoms with Gasteiger partial charge in [-0.25, -0.2) is 4.79 Å². The van der Waals surface area contributed by atoms with Gasteiger partial charge in [-0.05, 0) is 26.0 Å². The Hall–Kier alpha value is -2.17. The fraction of sp³-hybridized carbons (Fsp3) is 0.308. The SMILES string of the molecule is CCOC1=CN(c2ccc(C)cc2)CC(=O)[N+]1=O. The third-order valence-corrected chi connectivity index (χ3v) is 2.66. The molecule has 0 aliphatic carbocycles. The molecule has 0 saturated carbocycles. The molecule has 0 fully saturated rings. The Morgan fingerprint density at radius 3 is 2.61 bits per heavy atom. The van der Waals surface area contributed by atoms with Crippen LogP contribution in [0.3, 0.4) is 0 Å². The van der Waals surface area contributed by atoms with Crippen molar-refractivity contribution in [2.45, 2.75) is 13.8 Å². The van der Waals surface area contributed by atoms with E-state index in [2.05, 4.69) is 0 Å². The third-order valence-electron chi connectivity index (χ3n) is 2.66. The molecule has 0 atom stereocenters. The zero-order valence-corrected chi connectivity index (χ0v) is 10.4. The second-order valence-corrected chi connectivity index (χ2v) is 4.05. The summed E-state index contributed by atoms with van der Waals surface area (Å²) < 4.78 is 5.45. The molecule has 5 nitrogen and oxygen atoms in total. The van der Waals surface area contributed by atoms with Gasteiger partial charge in [0, 0.05) is 10.6 Å². The minimum atomic E-state index is -0.526. The molecule has 0 bridgehead atoms. The molecule has 0 radical (unpaired) electrons. The van der Waals surface area contributed by atoms with Crippen LogP contribution in [0.2, 0.25) is 0 Å². The number of rotatable bonds is 3. The molecule has 0 spiro atoms. The Labute approximate surface area is 105 Å². The van der Waals surface area contributed by atoms with Gasteiger partial charge in [0.1, 0.15) is 6.20 Å². The van der Waals surface area contributed by atoms with E-state index >= 15 is 0 Å². The highest BCUT2D eigenvalue weighted by Crippen LogP contribution is 2.20. The second kappa shape index (κ2) is 5.00. The largest absolute Gasteiger partial charge is 0.463 e. The Bertz CT molecular complexity index is 505. The Morgan fingerprint density at radius 2 is 2.00 bits per heavy atom. The lowest BCUT2D eigenvalue weighted by Crippen LogP contribution is -2.37. The molecule has 1 aliphatic heterocycles. The van der Waals surface area contributed by atoms with E-state index in [9.17, 15) is 9.70 Å². The van der Waals surface area contributed by atoms with E-state index < -0.39 is 5.91 Å². The van der Waals surface area contributed by atoms with Gasteiger partial charge in [0.25, 0.3) is 0 Å². The predicted octanol–water partition coefficient (Wildman–Crippen LogP) is 1.96. The summed E-state index contributed by atoms with van der Waals surface area (Å²) in [6.07, 6.45) is 1.56. The number of carbonyl (C=O) groups excluding carboxylic acids is 1. The molecular weight excluding hydrogens is 232 g/mol. The van der Waals surface area contributed by atoms with E-state index in [1.165, 1.54) is 0 Å². The quantitative estimate of drug-likeness (QED) is 0.766. The van der Waals surface area contributed by atoms with Crippen LogP contribution in [0.5, 0.6) is 0 Å². The van der Waals surface area contributed by atoms with Gasteiger partial charge in [-0.1, -0.05) is 17.7 Å². The summed E-state index contributed by atoms with van der Waals surface area (Å²) in [5, 5.41) is 0. The number of amides is 1. The average Bonchev–Trinajstić information content (AvgIpc) is 2.36. The van der Waals surface area contributed by atoms with Crippen molar-refractivity contribution in [2.75, 3.05) is 18.1 Å². The molecule has 1 aromatic rings. The third kappa shape index (κ3) is 2.40. The first-order chi connectivity index (χ1) is 8.61. The molecule has 5 heteroatoms. The van der Waals surface area contributed by atoms with Crippen LogP contribution >= 0.6 is 0 Å². The summed E-state index contributed by atoms with van der Waals surface area (Å²) in [4.78, 5) is 24.8. The first kappa shape index (κ1) is 12.3. The Kier molecular flexibility index (Phi) is 3.41. The molecule has 1 amide bonds. The number of nitrogens with zero attached hydrogens (tertiary/aromatic N) is 2. The van der Waals surface area contributed by atoms with Crippen LogP contribution in [-0.2, 0) is 9.53 Å². The highest BCUT2D eigenvalue weighted by Gasteiger charge is 2.37. The molecule has 94 valence electrons. The van der Waals surface area contributed by atoms with Crippen LogP contribution < -0.4 is 4.90 Å². The number of nitroso groups, excluding NO2 is 1. The minimum Gasteiger partial charge on any atom is -0.440 e. The number of anilines is 1. The van der Waals surface area contributed by atoms with Crippen molar-refractivity contribution in [3.8, 4) is 0 Å². The van der Waals surface area contributed by atoms with Crippen LogP contribution in [0.15, 0.2) is 36.3 Å². The van der Waals surface area contributed by atoms with Gasteiger partial charge in [-0.3, -0.25) is 0 Å². The van der Waals surface area contributed by atoms with E-state index in [0.717, 1.165) is 11.3 Å². The molecular formula is C13H15N2O3+. The van der Waals surface area contributed by atoms with Gasteiger partial charge in [0.15, 0.2) is 11.3 Å². The summed E-state index contributed by atoms with van der Waals surface area (Å²) >= 11 is 0. The normalized spacial score (nSPS) is 15.7. The van der Waals surface area contributed by atoms with Crippen molar-refractivity contribution in [3.63, 3.8) is 0 Å². The van der Waals surface area contributed by atoms with Crippen molar-refractivity contribution in [1.29, 1.82) is 0 Å². The molecule has 18 heavy (non-hydrogen) atoms. The molecule has 0 saturated heterocycles. The summed E-state index contributed by atoms with van der Waals surface area (Å²) in [5.74, 6) is -0.490. The summed E-state index contributed by atoms with van der Waals surface area (Å²) in [6, 6.07) is 7.72. The number of ether oxygens (including phenoxy) is 1.